The second kappa shape index (κ2) is 5.78. The first-order valence-electron chi connectivity index (χ1n) is 8.54. The molecule has 3 heterocycles. The van der Waals surface area contributed by atoms with Gasteiger partial charge in [-0.2, -0.15) is 0 Å². The van der Waals surface area contributed by atoms with Gasteiger partial charge in [0.25, 0.3) is 0 Å². The monoisotopic (exact) mass is 317 g/mol. The van der Waals surface area contributed by atoms with Crippen molar-refractivity contribution in [3.05, 3.63) is 16.8 Å². The molecule has 2 atom stereocenters. The van der Waals surface area contributed by atoms with Crippen LogP contribution >= 0.6 is 11.3 Å². The van der Waals surface area contributed by atoms with E-state index in [1.165, 1.54) is 54.8 Å². The molecule has 5 heteroatoms. The standard InChI is InChI=1S/C17H24N4S/c1-12-4-5-13-14(10-12)22-17-15(13)16(18-11-19-17)21-7-3-6-20(2)8-9-21/h11-12H,3-10H2,1-2H3/p+1/t12-/m0/s1. The third-order valence-electron chi connectivity index (χ3n) is 5.21. The molecule has 0 spiro atoms. The summed E-state index contributed by atoms with van der Waals surface area (Å²) in [7, 11) is 2.30. The third kappa shape index (κ3) is 2.50. The first kappa shape index (κ1) is 14.4. The number of aromatic nitrogens is 2. The lowest BCUT2D eigenvalue weighted by Gasteiger charge is -2.23. The van der Waals surface area contributed by atoms with E-state index in [1.54, 1.807) is 21.7 Å². The van der Waals surface area contributed by atoms with Crippen molar-refractivity contribution in [1.82, 2.24) is 9.97 Å². The molecular formula is C17H25N4S+. The lowest BCUT2D eigenvalue weighted by molar-refractivity contribution is -0.876. The minimum Gasteiger partial charge on any atom is -0.350 e. The smallest absolute Gasteiger partial charge is 0.141 e. The number of rotatable bonds is 1. The Kier molecular flexibility index (Phi) is 3.78. The highest BCUT2D eigenvalue weighted by Crippen LogP contribution is 2.40. The minimum atomic E-state index is 0.812. The van der Waals surface area contributed by atoms with Crippen LogP contribution in [0, 0.1) is 5.92 Å². The van der Waals surface area contributed by atoms with Crippen molar-refractivity contribution in [3.63, 3.8) is 0 Å². The van der Waals surface area contributed by atoms with E-state index in [0.29, 0.717) is 0 Å². The molecule has 0 radical (unpaired) electrons. The van der Waals surface area contributed by atoms with Gasteiger partial charge >= 0.3 is 0 Å². The van der Waals surface area contributed by atoms with Crippen LogP contribution in [-0.2, 0) is 12.8 Å². The number of nitrogens with zero attached hydrogens (tertiary/aromatic N) is 3. The van der Waals surface area contributed by atoms with Gasteiger partial charge in [0.05, 0.1) is 32.1 Å². The maximum Gasteiger partial charge on any atom is 0.141 e. The Bertz CT molecular complexity index is 681. The van der Waals surface area contributed by atoms with Crippen LogP contribution in [0.4, 0.5) is 5.82 Å². The molecule has 1 saturated heterocycles. The normalized spacial score (nSPS) is 26.0. The van der Waals surface area contributed by atoms with Crippen LogP contribution < -0.4 is 9.80 Å². The van der Waals surface area contributed by atoms with Crippen molar-refractivity contribution in [3.8, 4) is 0 Å². The van der Waals surface area contributed by atoms with E-state index in [1.807, 2.05) is 11.3 Å². The number of hydrogen-bond acceptors (Lipinski definition) is 4. The summed E-state index contributed by atoms with van der Waals surface area (Å²) >= 11 is 1.90. The van der Waals surface area contributed by atoms with Crippen molar-refractivity contribution in [2.24, 2.45) is 5.92 Å². The molecule has 0 saturated carbocycles. The zero-order valence-corrected chi connectivity index (χ0v) is 14.4. The molecule has 1 N–H and O–H groups in total. The molecule has 0 bridgehead atoms. The number of likely N-dealkylation sites (N-methyl/N-ethyl adjacent to an activating group) is 1. The molecule has 2 aliphatic rings. The van der Waals surface area contributed by atoms with Crippen LogP contribution in [0.3, 0.4) is 0 Å². The summed E-state index contributed by atoms with van der Waals surface area (Å²) in [6.07, 6.45) is 6.75. The van der Waals surface area contributed by atoms with Crippen LogP contribution in [0.2, 0.25) is 0 Å². The average molecular weight is 317 g/mol. The largest absolute Gasteiger partial charge is 0.350 e. The number of quaternary nitrogens is 1. The lowest BCUT2D eigenvalue weighted by atomic mass is 9.89. The molecular weight excluding hydrogens is 292 g/mol. The van der Waals surface area contributed by atoms with Gasteiger partial charge < -0.3 is 9.80 Å². The highest BCUT2D eigenvalue weighted by Gasteiger charge is 2.25. The fraction of sp³-hybridized carbons (Fsp3) is 0.647. The summed E-state index contributed by atoms with van der Waals surface area (Å²) in [6, 6.07) is 0. The Balaban J connectivity index is 1.77. The van der Waals surface area contributed by atoms with Crippen molar-refractivity contribution in [2.75, 3.05) is 38.1 Å². The van der Waals surface area contributed by atoms with Gasteiger partial charge in [0.2, 0.25) is 0 Å². The minimum absolute atomic E-state index is 0.812. The molecule has 4 rings (SSSR count). The summed E-state index contributed by atoms with van der Waals surface area (Å²) in [5.41, 5.74) is 1.55. The summed E-state index contributed by atoms with van der Waals surface area (Å²) in [5, 5.41) is 1.37. The molecule has 4 nitrogen and oxygen atoms in total. The van der Waals surface area contributed by atoms with Crippen molar-refractivity contribution in [2.45, 2.75) is 32.6 Å². The first-order valence-corrected chi connectivity index (χ1v) is 9.35. The Labute approximate surface area is 136 Å². The summed E-state index contributed by atoms with van der Waals surface area (Å²) < 4.78 is 0. The predicted octanol–water partition coefficient (Wildman–Crippen LogP) is 1.54. The highest BCUT2D eigenvalue weighted by molar-refractivity contribution is 7.19. The average Bonchev–Trinajstić information content (AvgIpc) is 2.73. The maximum absolute atomic E-state index is 4.71. The van der Waals surface area contributed by atoms with E-state index >= 15 is 0 Å². The van der Waals surface area contributed by atoms with Crippen LogP contribution in [0.25, 0.3) is 10.2 Å². The van der Waals surface area contributed by atoms with Crippen molar-refractivity contribution >= 4 is 27.4 Å². The maximum atomic E-state index is 4.71. The van der Waals surface area contributed by atoms with Crippen LogP contribution in [0.1, 0.15) is 30.2 Å². The van der Waals surface area contributed by atoms with E-state index in [-0.39, 0.29) is 0 Å². The Morgan fingerprint density at radius 2 is 2.18 bits per heavy atom. The zero-order chi connectivity index (χ0) is 15.1. The fourth-order valence-corrected chi connectivity index (χ4v) is 5.19. The van der Waals surface area contributed by atoms with Gasteiger partial charge in [0.15, 0.2) is 0 Å². The van der Waals surface area contributed by atoms with Gasteiger partial charge in [0, 0.05) is 17.8 Å². The molecule has 2 aromatic heterocycles. The number of aryl methyl sites for hydroxylation is 1. The van der Waals surface area contributed by atoms with E-state index in [2.05, 4.69) is 23.9 Å². The summed E-state index contributed by atoms with van der Waals surface area (Å²) in [4.78, 5) is 16.2. The van der Waals surface area contributed by atoms with Crippen molar-refractivity contribution in [1.29, 1.82) is 0 Å². The molecule has 0 amide bonds. The predicted molar refractivity (Wildman–Crippen MR) is 92.1 cm³/mol. The highest BCUT2D eigenvalue weighted by atomic mass is 32.1. The SMILES string of the molecule is C[C@H]1CCc2c(sc3ncnc(N4CCC[NH+](C)CC4)c23)C1. The molecule has 1 unspecified atom stereocenters. The van der Waals surface area contributed by atoms with Gasteiger partial charge in [-0.3, -0.25) is 0 Å². The summed E-state index contributed by atoms with van der Waals surface area (Å²) in [6.45, 7) is 7.08. The first-order chi connectivity index (χ1) is 10.7. The molecule has 118 valence electrons. The third-order valence-corrected chi connectivity index (χ3v) is 6.37. The lowest BCUT2D eigenvalue weighted by Crippen LogP contribution is -3.09. The topological polar surface area (TPSA) is 33.5 Å². The Morgan fingerprint density at radius 1 is 1.27 bits per heavy atom. The van der Waals surface area contributed by atoms with Crippen LogP contribution in [-0.4, -0.2) is 43.2 Å². The van der Waals surface area contributed by atoms with Gasteiger partial charge in [0.1, 0.15) is 17.0 Å². The molecule has 1 aliphatic carbocycles. The second-order valence-corrected chi connectivity index (χ2v) is 8.11. The van der Waals surface area contributed by atoms with E-state index in [9.17, 15) is 0 Å². The van der Waals surface area contributed by atoms with E-state index in [4.69, 9.17) is 4.98 Å². The number of anilines is 1. The van der Waals surface area contributed by atoms with Gasteiger partial charge in [-0.05, 0) is 30.7 Å². The molecule has 2 aromatic rings. The fourth-order valence-electron chi connectivity index (χ4n) is 3.84. The van der Waals surface area contributed by atoms with E-state index < -0.39 is 0 Å². The van der Waals surface area contributed by atoms with Crippen LogP contribution in [0.5, 0.6) is 0 Å². The quantitative estimate of drug-likeness (QED) is 0.866. The molecule has 0 aromatic carbocycles. The van der Waals surface area contributed by atoms with E-state index in [0.717, 1.165) is 19.0 Å². The number of hydrogen-bond donors (Lipinski definition) is 1. The van der Waals surface area contributed by atoms with Crippen molar-refractivity contribution < 1.29 is 4.90 Å². The number of thiophene rings is 1. The number of nitrogens with one attached hydrogen (secondary N) is 1. The molecule has 1 aliphatic heterocycles. The second-order valence-electron chi connectivity index (χ2n) is 7.03. The van der Waals surface area contributed by atoms with Gasteiger partial charge in [-0.15, -0.1) is 11.3 Å². The van der Waals surface area contributed by atoms with Gasteiger partial charge in [-0.1, -0.05) is 6.92 Å². The van der Waals surface area contributed by atoms with Gasteiger partial charge in [-0.25, -0.2) is 9.97 Å². The Morgan fingerprint density at radius 3 is 3.09 bits per heavy atom. The molecule has 1 fully saturated rings. The zero-order valence-electron chi connectivity index (χ0n) is 13.6. The Hall–Kier alpha value is -1.20. The molecule has 22 heavy (non-hydrogen) atoms. The number of fused-ring (bicyclic) bond motifs is 3. The summed E-state index contributed by atoms with van der Waals surface area (Å²) in [5.74, 6) is 2.01. The van der Waals surface area contributed by atoms with Crippen LogP contribution in [0.15, 0.2) is 6.33 Å².